The second-order valence-electron chi connectivity index (χ2n) is 10.00. The zero-order chi connectivity index (χ0) is 30.2. The van der Waals surface area contributed by atoms with Gasteiger partial charge in [-0.3, -0.25) is 13.9 Å². The molecule has 0 aliphatic heterocycles. The van der Waals surface area contributed by atoms with Gasteiger partial charge in [-0.1, -0.05) is 73.8 Å². The third kappa shape index (κ3) is 8.47. The summed E-state index contributed by atoms with van der Waals surface area (Å²) in [5.41, 5.74) is 2.66. The molecule has 0 aliphatic rings. The lowest BCUT2D eigenvalue weighted by atomic mass is 10.1. The molecule has 1 atom stereocenters. The SMILES string of the molecule is CCCCNC(=O)[C@@H](CC)N(Cc1ccc(Cl)cc1Cl)C(=O)CN(c1cc(C)cc(C)c1)S(=O)(=O)c1ccccc1. The van der Waals surface area contributed by atoms with Crippen molar-refractivity contribution in [3.63, 3.8) is 0 Å². The summed E-state index contributed by atoms with van der Waals surface area (Å²) >= 11 is 12.6. The van der Waals surface area contributed by atoms with E-state index in [4.69, 9.17) is 23.2 Å². The number of amides is 2. The van der Waals surface area contributed by atoms with Crippen LogP contribution in [0.5, 0.6) is 0 Å². The summed E-state index contributed by atoms with van der Waals surface area (Å²) in [5.74, 6) is -0.838. The largest absolute Gasteiger partial charge is 0.354 e. The van der Waals surface area contributed by atoms with Gasteiger partial charge < -0.3 is 10.2 Å². The van der Waals surface area contributed by atoms with Crippen LogP contribution in [-0.4, -0.2) is 44.3 Å². The van der Waals surface area contributed by atoms with Gasteiger partial charge in [0.25, 0.3) is 10.0 Å². The average molecular weight is 619 g/mol. The fourth-order valence-corrected chi connectivity index (χ4v) is 6.49. The standard InChI is InChI=1S/C31H37Cl2N3O4S/c1-5-7-15-34-31(38)29(6-2)35(20-24-13-14-25(32)19-28(24)33)30(37)21-36(26-17-22(3)16-23(4)18-26)41(39,40)27-11-9-8-10-12-27/h8-14,16-19,29H,5-7,15,20-21H2,1-4H3,(H,34,38)/t29-/m1/s1. The first-order valence-electron chi connectivity index (χ1n) is 13.6. The minimum atomic E-state index is -4.13. The van der Waals surface area contributed by atoms with Gasteiger partial charge in [0.15, 0.2) is 0 Å². The van der Waals surface area contributed by atoms with Crippen molar-refractivity contribution in [1.29, 1.82) is 0 Å². The maximum absolute atomic E-state index is 14.2. The molecule has 3 aromatic rings. The summed E-state index contributed by atoms with van der Waals surface area (Å²) < 4.78 is 29.0. The van der Waals surface area contributed by atoms with Crippen LogP contribution < -0.4 is 9.62 Å². The Kier molecular flexibility index (Phi) is 11.6. The molecule has 0 unspecified atom stereocenters. The summed E-state index contributed by atoms with van der Waals surface area (Å²) in [7, 11) is -4.13. The van der Waals surface area contributed by atoms with Gasteiger partial charge in [-0.2, -0.15) is 0 Å². The Morgan fingerprint density at radius 2 is 1.59 bits per heavy atom. The molecule has 3 aromatic carbocycles. The van der Waals surface area contributed by atoms with E-state index in [-0.39, 0.29) is 17.3 Å². The van der Waals surface area contributed by atoms with E-state index in [1.165, 1.54) is 17.0 Å². The van der Waals surface area contributed by atoms with Gasteiger partial charge in [-0.25, -0.2) is 8.42 Å². The average Bonchev–Trinajstić information content (AvgIpc) is 2.92. The molecule has 0 aromatic heterocycles. The van der Waals surface area contributed by atoms with Crippen molar-refractivity contribution in [2.45, 2.75) is 64.4 Å². The van der Waals surface area contributed by atoms with E-state index in [1.54, 1.807) is 48.5 Å². The second-order valence-corrected chi connectivity index (χ2v) is 12.7. The summed E-state index contributed by atoms with van der Waals surface area (Å²) in [4.78, 5) is 28.9. The molecule has 0 aliphatic carbocycles. The lowest BCUT2D eigenvalue weighted by molar-refractivity contribution is -0.140. The Morgan fingerprint density at radius 3 is 2.17 bits per heavy atom. The molecule has 10 heteroatoms. The number of halogens is 2. The monoisotopic (exact) mass is 617 g/mol. The second kappa shape index (κ2) is 14.7. The maximum Gasteiger partial charge on any atom is 0.264 e. The van der Waals surface area contributed by atoms with Crippen molar-refractivity contribution >= 4 is 50.7 Å². The molecule has 41 heavy (non-hydrogen) atoms. The molecule has 7 nitrogen and oxygen atoms in total. The van der Waals surface area contributed by atoms with Crippen LogP contribution in [0, 0.1) is 13.8 Å². The van der Waals surface area contributed by atoms with Gasteiger partial charge in [-0.15, -0.1) is 0 Å². The third-order valence-corrected chi connectivity index (χ3v) is 9.05. The number of nitrogens with zero attached hydrogens (tertiary/aromatic N) is 2. The minimum absolute atomic E-state index is 0.000605. The van der Waals surface area contributed by atoms with Crippen LogP contribution in [0.25, 0.3) is 0 Å². The van der Waals surface area contributed by atoms with E-state index in [0.29, 0.717) is 34.3 Å². The van der Waals surface area contributed by atoms with Gasteiger partial charge in [0.2, 0.25) is 11.8 Å². The van der Waals surface area contributed by atoms with Crippen molar-refractivity contribution in [3.05, 3.63) is 93.5 Å². The van der Waals surface area contributed by atoms with Gasteiger partial charge in [-0.05, 0) is 79.8 Å². The molecule has 2 amide bonds. The highest BCUT2D eigenvalue weighted by Gasteiger charge is 2.34. The smallest absolute Gasteiger partial charge is 0.264 e. The van der Waals surface area contributed by atoms with Gasteiger partial charge >= 0.3 is 0 Å². The predicted octanol–water partition coefficient (Wildman–Crippen LogP) is 6.53. The van der Waals surface area contributed by atoms with Crippen LogP contribution in [0.3, 0.4) is 0 Å². The van der Waals surface area contributed by atoms with E-state index in [9.17, 15) is 18.0 Å². The molecule has 0 heterocycles. The molecule has 0 saturated carbocycles. The lowest BCUT2D eigenvalue weighted by Crippen LogP contribution is -2.52. The highest BCUT2D eigenvalue weighted by atomic mass is 35.5. The van der Waals surface area contributed by atoms with Crippen LogP contribution >= 0.6 is 23.2 Å². The molecule has 220 valence electrons. The maximum atomic E-state index is 14.2. The first-order valence-corrected chi connectivity index (χ1v) is 15.8. The normalized spacial score (nSPS) is 12.0. The molecule has 0 bridgehead atoms. The Bertz CT molecular complexity index is 1450. The zero-order valence-corrected chi connectivity index (χ0v) is 26.2. The van der Waals surface area contributed by atoms with Crippen LogP contribution in [0.1, 0.15) is 49.8 Å². The van der Waals surface area contributed by atoms with Crippen molar-refractivity contribution < 1.29 is 18.0 Å². The number of hydrogen-bond donors (Lipinski definition) is 1. The van der Waals surface area contributed by atoms with Crippen LogP contribution in [0.15, 0.2) is 71.6 Å². The number of hydrogen-bond acceptors (Lipinski definition) is 4. The summed E-state index contributed by atoms with van der Waals surface area (Å²) in [6, 6.07) is 17.5. The van der Waals surface area contributed by atoms with Crippen molar-refractivity contribution in [2.24, 2.45) is 0 Å². The predicted molar refractivity (Wildman–Crippen MR) is 166 cm³/mol. The van der Waals surface area contributed by atoms with Crippen molar-refractivity contribution in [1.82, 2.24) is 10.2 Å². The topological polar surface area (TPSA) is 86.8 Å². The minimum Gasteiger partial charge on any atom is -0.354 e. The van der Waals surface area contributed by atoms with Crippen LogP contribution in [0.4, 0.5) is 5.69 Å². The number of nitrogens with one attached hydrogen (secondary N) is 1. The quantitative estimate of drug-likeness (QED) is 0.221. The molecular weight excluding hydrogens is 581 g/mol. The van der Waals surface area contributed by atoms with Gasteiger partial charge in [0.05, 0.1) is 10.6 Å². The highest BCUT2D eigenvalue weighted by Crippen LogP contribution is 2.28. The summed E-state index contributed by atoms with van der Waals surface area (Å²) in [6.07, 6.45) is 2.03. The number of carbonyl (C=O) groups is 2. The van der Waals surface area contributed by atoms with Crippen LogP contribution in [0.2, 0.25) is 10.0 Å². The zero-order valence-electron chi connectivity index (χ0n) is 23.9. The summed E-state index contributed by atoms with van der Waals surface area (Å²) in [5, 5.41) is 3.70. The molecule has 0 spiro atoms. The van der Waals surface area contributed by atoms with E-state index >= 15 is 0 Å². The summed E-state index contributed by atoms with van der Waals surface area (Å²) in [6.45, 7) is 7.55. The number of sulfonamides is 1. The number of carbonyl (C=O) groups excluding carboxylic acids is 2. The first kappa shape index (κ1) is 32.4. The molecule has 3 rings (SSSR count). The van der Waals surface area contributed by atoms with E-state index in [2.05, 4.69) is 5.32 Å². The lowest BCUT2D eigenvalue weighted by Gasteiger charge is -2.33. The highest BCUT2D eigenvalue weighted by molar-refractivity contribution is 7.92. The molecule has 0 radical (unpaired) electrons. The fourth-order valence-electron chi connectivity index (χ4n) is 4.60. The van der Waals surface area contributed by atoms with Crippen molar-refractivity contribution in [3.8, 4) is 0 Å². The Morgan fingerprint density at radius 1 is 0.927 bits per heavy atom. The number of unbranched alkanes of at least 4 members (excludes halogenated alkanes) is 1. The van der Waals surface area contributed by atoms with E-state index < -0.39 is 28.5 Å². The number of rotatable bonds is 13. The number of anilines is 1. The van der Waals surface area contributed by atoms with Gasteiger partial charge in [0.1, 0.15) is 12.6 Å². The van der Waals surface area contributed by atoms with Crippen LogP contribution in [-0.2, 0) is 26.2 Å². The third-order valence-electron chi connectivity index (χ3n) is 6.68. The Balaban J connectivity index is 2.08. The Hall–Kier alpha value is -3.07. The fraction of sp³-hybridized carbons (Fsp3) is 0.355. The van der Waals surface area contributed by atoms with E-state index in [0.717, 1.165) is 28.3 Å². The molecule has 0 saturated heterocycles. The van der Waals surface area contributed by atoms with E-state index in [1.807, 2.05) is 33.8 Å². The molecule has 0 fully saturated rings. The Labute approximate surface area is 253 Å². The number of benzene rings is 3. The molecule has 1 N–H and O–H groups in total. The first-order chi connectivity index (χ1) is 19.5. The van der Waals surface area contributed by atoms with Gasteiger partial charge in [0, 0.05) is 23.1 Å². The molecular formula is C31H37Cl2N3O4S. The number of aryl methyl sites for hydroxylation is 2. The van der Waals surface area contributed by atoms with Crippen molar-refractivity contribution in [2.75, 3.05) is 17.4 Å².